The van der Waals surface area contributed by atoms with Gasteiger partial charge in [0.05, 0.1) is 4.90 Å². The van der Waals surface area contributed by atoms with Gasteiger partial charge in [0, 0.05) is 13.1 Å². The summed E-state index contributed by atoms with van der Waals surface area (Å²) >= 11 is 0. The van der Waals surface area contributed by atoms with E-state index >= 15 is 0 Å². The highest BCUT2D eigenvalue weighted by molar-refractivity contribution is 7.89. The van der Waals surface area contributed by atoms with E-state index in [-0.39, 0.29) is 12.5 Å². The summed E-state index contributed by atoms with van der Waals surface area (Å²) in [6, 6.07) is 12.5. The highest BCUT2D eigenvalue weighted by atomic mass is 32.2. The summed E-state index contributed by atoms with van der Waals surface area (Å²) in [5, 5.41) is 2.88. The normalized spacial score (nSPS) is 18.0. The van der Waals surface area contributed by atoms with Gasteiger partial charge in [0.2, 0.25) is 15.9 Å². The highest BCUT2D eigenvalue weighted by Crippen LogP contribution is 2.29. The lowest BCUT2D eigenvalue weighted by atomic mass is 10.1. The van der Waals surface area contributed by atoms with E-state index in [1.54, 1.807) is 0 Å². The van der Waals surface area contributed by atoms with Crippen LogP contribution in [0.4, 0.5) is 0 Å². The number of amides is 1. The van der Waals surface area contributed by atoms with Crippen LogP contribution in [0.25, 0.3) is 0 Å². The predicted octanol–water partition coefficient (Wildman–Crippen LogP) is 3.47. The Morgan fingerprint density at radius 1 is 1.04 bits per heavy atom. The molecule has 2 aromatic carbocycles. The van der Waals surface area contributed by atoms with Crippen LogP contribution in [0, 0.1) is 20.8 Å². The molecule has 1 atom stereocenters. The van der Waals surface area contributed by atoms with Gasteiger partial charge in [-0.05, 0) is 56.7 Å². The maximum Gasteiger partial charge on any atom is 0.244 e. The van der Waals surface area contributed by atoms with Crippen LogP contribution < -0.4 is 5.32 Å². The van der Waals surface area contributed by atoms with Crippen molar-refractivity contribution in [2.24, 2.45) is 0 Å². The molecule has 1 aliphatic heterocycles. The van der Waals surface area contributed by atoms with E-state index in [9.17, 15) is 13.2 Å². The number of nitrogens with one attached hydrogen (secondary N) is 1. The van der Waals surface area contributed by atoms with Crippen molar-refractivity contribution in [1.29, 1.82) is 0 Å². The van der Waals surface area contributed by atoms with Crippen LogP contribution in [-0.2, 0) is 21.4 Å². The van der Waals surface area contributed by atoms with Gasteiger partial charge in [0.25, 0.3) is 0 Å². The highest BCUT2D eigenvalue weighted by Gasteiger charge is 2.37. The average Bonchev–Trinajstić information content (AvgIpc) is 2.83. The minimum absolute atomic E-state index is 0.175. The third kappa shape index (κ3) is 4.28. The Hall–Kier alpha value is -2.18. The van der Waals surface area contributed by atoms with Crippen LogP contribution in [0.15, 0.2) is 47.4 Å². The Morgan fingerprint density at radius 2 is 1.68 bits per heavy atom. The molecular weight excluding hydrogens is 372 g/mol. The third-order valence-corrected chi connectivity index (χ3v) is 7.37. The first-order chi connectivity index (χ1) is 13.3. The molecule has 1 saturated heterocycles. The molecule has 0 bridgehead atoms. The van der Waals surface area contributed by atoms with Crippen molar-refractivity contribution < 1.29 is 13.2 Å². The Balaban J connectivity index is 2.11. The number of sulfonamides is 1. The lowest BCUT2D eigenvalue weighted by Gasteiger charge is -2.30. The topological polar surface area (TPSA) is 66.5 Å². The third-order valence-electron chi connectivity index (χ3n) is 5.21. The zero-order valence-corrected chi connectivity index (χ0v) is 17.6. The molecule has 6 heteroatoms. The van der Waals surface area contributed by atoms with Gasteiger partial charge in [-0.25, -0.2) is 8.42 Å². The van der Waals surface area contributed by atoms with E-state index in [1.807, 2.05) is 63.2 Å². The fourth-order valence-electron chi connectivity index (χ4n) is 4.01. The van der Waals surface area contributed by atoms with Crippen LogP contribution >= 0.6 is 0 Å². The zero-order chi connectivity index (χ0) is 20.3. The maximum absolute atomic E-state index is 13.8. The summed E-state index contributed by atoms with van der Waals surface area (Å²) in [5.41, 5.74) is 3.32. The Labute approximate surface area is 167 Å². The largest absolute Gasteiger partial charge is 0.355 e. The van der Waals surface area contributed by atoms with Gasteiger partial charge in [-0.2, -0.15) is 4.31 Å². The molecule has 1 unspecified atom stereocenters. The summed E-state index contributed by atoms with van der Waals surface area (Å²) in [7, 11) is -3.85. The smallest absolute Gasteiger partial charge is 0.244 e. The number of rotatable bonds is 5. The standard InChI is InChI=1S/C22H28N2O3S/c1-16-13-17(2)21(18(3)14-16)28(26,27)24(15-19-9-5-4-6-10-19)20-11-7-8-12-23-22(20)25/h4-6,9-10,13-14,20H,7-8,11-12,15H2,1-3H3,(H,23,25). The van der Waals surface area contributed by atoms with Crippen LogP contribution in [0.3, 0.4) is 0 Å². The quantitative estimate of drug-likeness (QED) is 0.836. The molecule has 1 aliphatic rings. The number of nitrogens with zero attached hydrogens (tertiary/aromatic N) is 1. The van der Waals surface area contributed by atoms with E-state index in [0.717, 1.165) is 24.0 Å². The molecule has 3 rings (SSSR count). The molecule has 1 N–H and O–H groups in total. The fraction of sp³-hybridized carbons (Fsp3) is 0.409. The minimum atomic E-state index is -3.85. The Kier molecular flexibility index (Phi) is 6.20. The second-order valence-corrected chi connectivity index (χ2v) is 9.39. The van der Waals surface area contributed by atoms with Gasteiger partial charge < -0.3 is 5.32 Å². The van der Waals surface area contributed by atoms with Crippen LogP contribution in [0.5, 0.6) is 0 Å². The lowest BCUT2D eigenvalue weighted by Crippen LogP contribution is -2.48. The fourth-order valence-corrected chi connectivity index (χ4v) is 6.04. The Morgan fingerprint density at radius 3 is 2.32 bits per heavy atom. The molecule has 1 fully saturated rings. The molecular formula is C22H28N2O3S. The second-order valence-electron chi connectivity index (χ2n) is 7.57. The van der Waals surface area contributed by atoms with Gasteiger partial charge >= 0.3 is 0 Å². The van der Waals surface area contributed by atoms with Crippen molar-refractivity contribution >= 4 is 15.9 Å². The first-order valence-electron chi connectivity index (χ1n) is 9.72. The van der Waals surface area contributed by atoms with Gasteiger partial charge in [-0.15, -0.1) is 0 Å². The molecule has 2 aromatic rings. The van der Waals surface area contributed by atoms with Gasteiger partial charge in [-0.3, -0.25) is 4.79 Å². The van der Waals surface area contributed by atoms with Crippen molar-refractivity contribution in [3.63, 3.8) is 0 Å². The molecule has 0 aromatic heterocycles. The van der Waals surface area contributed by atoms with Crippen LogP contribution in [-0.4, -0.2) is 31.2 Å². The summed E-state index contributed by atoms with van der Waals surface area (Å²) in [4.78, 5) is 13.0. The average molecular weight is 401 g/mol. The Bertz CT molecular complexity index is 932. The van der Waals surface area contributed by atoms with Crippen molar-refractivity contribution in [3.8, 4) is 0 Å². The first kappa shape index (κ1) is 20.6. The zero-order valence-electron chi connectivity index (χ0n) is 16.7. The first-order valence-corrected chi connectivity index (χ1v) is 11.2. The molecule has 0 saturated carbocycles. The number of hydrogen-bond donors (Lipinski definition) is 1. The van der Waals surface area contributed by atoms with E-state index in [1.165, 1.54) is 4.31 Å². The van der Waals surface area contributed by atoms with Crippen molar-refractivity contribution in [2.45, 2.75) is 57.5 Å². The molecule has 28 heavy (non-hydrogen) atoms. The molecule has 0 spiro atoms. The van der Waals surface area contributed by atoms with E-state index < -0.39 is 16.1 Å². The van der Waals surface area contributed by atoms with Gasteiger partial charge in [-0.1, -0.05) is 48.0 Å². The molecule has 1 amide bonds. The van der Waals surface area contributed by atoms with Gasteiger partial charge in [0.15, 0.2) is 0 Å². The molecule has 0 radical (unpaired) electrons. The van der Waals surface area contributed by atoms with Crippen molar-refractivity contribution in [1.82, 2.24) is 9.62 Å². The molecule has 0 aliphatic carbocycles. The van der Waals surface area contributed by atoms with Gasteiger partial charge in [0.1, 0.15) is 6.04 Å². The second kappa shape index (κ2) is 8.45. The molecule has 150 valence electrons. The minimum Gasteiger partial charge on any atom is -0.355 e. The van der Waals surface area contributed by atoms with Crippen molar-refractivity contribution in [3.05, 3.63) is 64.7 Å². The SMILES string of the molecule is Cc1cc(C)c(S(=O)(=O)N(Cc2ccccc2)C2CCCCNC2=O)c(C)c1. The maximum atomic E-state index is 13.8. The monoisotopic (exact) mass is 400 g/mol. The summed E-state index contributed by atoms with van der Waals surface area (Å²) in [6.07, 6.45) is 2.21. The van der Waals surface area contributed by atoms with Crippen LogP contribution in [0.2, 0.25) is 0 Å². The number of benzene rings is 2. The molecule has 5 nitrogen and oxygen atoms in total. The summed E-state index contributed by atoms with van der Waals surface area (Å²) < 4.78 is 29.0. The number of aryl methyl sites for hydroxylation is 3. The molecule has 1 heterocycles. The summed E-state index contributed by atoms with van der Waals surface area (Å²) in [6.45, 7) is 6.36. The van der Waals surface area contributed by atoms with E-state index in [0.29, 0.717) is 29.0 Å². The van der Waals surface area contributed by atoms with E-state index in [2.05, 4.69) is 5.32 Å². The number of carbonyl (C=O) groups excluding carboxylic acids is 1. The van der Waals surface area contributed by atoms with Crippen molar-refractivity contribution in [2.75, 3.05) is 6.54 Å². The predicted molar refractivity (Wildman–Crippen MR) is 110 cm³/mol. The number of carbonyl (C=O) groups is 1. The lowest BCUT2D eigenvalue weighted by molar-refractivity contribution is -0.124. The summed E-state index contributed by atoms with van der Waals surface area (Å²) in [5.74, 6) is -0.209. The number of hydrogen-bond acceptors (Lipinski definition) is 3. The van der Waals surface area contributed by atoms with Crippen LogP contribution in [0.1, 0.15) is 41.5 Å². The van der Waals surface area contributed by atoms with E-state index in [4.69, 9.17) is 0 Å².